The summed E-state index contributed by atoms with van der Waals surface area (Å²) < 4.78 is 33.5. The maximum Gasteiger partial charge on any atom is 0.256 e. The number of para-hydroxylation sites is 1. The van der Waals surface area contributed by atoms with Gasteiger partial charge in [-0.2, -0.15) is 4.31 Å². The lowest BCUT2D eigenvalue weighted by molar-refractivity contribution is 0.102. The monoisotopic (exact) mass is 439 g/mol. The fraction of sp³-hybridized carbons (Fsp3) is 0.304. The largest absolute Gasteiger partial charge is 0.495 e. The average Bonchev–Trinajstić information content (AvgIpc) is 2.78. The Bertz CT molecular complexity index is 1230. The standard InChI is InChI=1S/C23H25N3O4S/c1-16-7-5-6-14-26(16)31(28,29)21-15-18(10-12-20(21)30-2)23(27)25-22-13-11-17-8-3-4-9-19(17)24-22/h3-4,8-13,15-16H,5-7,14H2,1-2H3,(H,24,25,27). The Labute approximate surface area is 182 Å². The zero-order valence-corrected chi connectivity index (χ0v) is 18.4. The van der Waals surface area contributed by atoms with Crippen LogP contribution in [0.4, 0.5) is 5.82 Å². The van der Waals surface area contributed by atoms with Crippen LogP contribution in [0.1, 0.15) is 36.5 Å². The van der Waals surface area contributed by atoms with Gasteiger partial charge in [0.2, 0.25) is 10.0 Å². The van der Waals surface area contributed by atoms with Gasteiger partial charge in [-0.3, -0.25) is 4.79 Å². The number of sulfonamides is 1. The number of methoxy groups -OCH3 is 1. The van der Waals surface area contributed by atoms with E-state index in [-0.39, 0.29) is 22.3 Å². The van der Waals surface area contributed by atoms with Gasteiger partial charge in [-0.1, -0.05) is 24.6 Å². The fourth-order valence-corrected chi connectivity index (χ4v) is 5.78. The second-order valence-corrected chi connectivity index (χ2v) is 9.53. The van der Waals surface area contributed by atoms with Gasteiger partial charge in [-0.05, 0) is 56.2 Å². The summed E-state index contributed by atoms with van der Waals surface area (Å²) in [5.41, 5.74) is 0.983. The summed E-state index contributed by atoms with van der Waals surface area (Å²) in [5.74, 6) is 0.181. The van der Waals surface area contributed by atoms with Gasteiger partial charge >= 0.3 is 0 Å². The summed E-state index contributed by atoms with van der Waals surface area (Å²) in [6.45, 7) is 2.37. The van der Waals surface area contributed by atoms with Crippen LogP contribution in [0, 0.1) is 0 Å². The quantitative estimate of drug-likeness (QED) is 0.648. The molecule has 1 unspecified atom stereocenters. The van der Waals surface area contributed by atoms with Crippen LogP contribution in [0.15, 0.2) is 59.5 Å². The molecule has 1 saturated heterocycles. The summed E-state index contributed by atoms with van der Waals surface area (Å²) >= 11 is 0. The minimum absolute atomic E-state index is 0.00266. The molecule has 2 heterocycles. The molecule has 0 spiro atoms. The SMILES string of the molecule is COc1ccc(C(=O)Nc2ccc3ccccc3n2)cc1S(=O)(=O)N1CCCCC1C. The number of rotatable bonds is 5. The number of aromatic nitrogens is 1. The van der Waals surface area contributed by atoms with Crippen LogP contribution in [0.5, 0.6) is 5.75 Å². The van der Waals surface area contributed by atoms with Gasteiger partial charge in [0.1, 0.15) is 16.5 Å². The first-order valence-electron chi connectivity index (χ1n) is 10.3. The van der Waals surface area contributed by atoms with Crippen LogP contribution in [0.25, 0.3) is 10.9 Å². The number of hydrogen-bond acceptors (Lipinski definition) is 5. The third-order valence-electron chi connectivity index (χ3n) is 5.59. The minimum atomic E-state index is -3.80. The molecule has 1 atom stereocenters. The van der Waals surface area contributed by atoms with E-state index in [9.17, 15) is 13.2 Å². The van der Waals surface area contributed by atoms with Crippen molar-refractivity contribution in [1.82, 2.24) is 9.29 Å². The van der Waals surface area contributed by atoms with Crippen LogP contribution < -0.4 is 10.1 Å². The smallest absolute Gasteiger partial charge is 0.256 e. The van der Waals surface area contributed by atoms with Gasteiger partial charge in [-0.15, -0.1) is 0 Å². The molecule has 31 heavy (non-hydrogen) atoms. The van der Waals surface area contributed by atoms with E-state index in [1.54, 1.807) is 12.1 Å². The number of pyridine rings is 1. The van der Waals surface area contributed by atoms with Crippen LogP contribution in [-0.2, 0) is 10.0 Å². The number of fused-ring (bicyclic) bond motifs is 1. The fourth-order valence-electron chi connectivity index (χ4n) is 3.90. The third-order valence-corrected chi connectivity index (χ3v) is 7.63. The normalized spacial score (nSPS) is 17.4. The molecule has 1 N–H and O–H groups in total. The Balaban J connectivity index is 1.65. The molecule has 162 valence electrons. The zero-order valence-electron chi connectivity index (χ0n) is 17.5. The van der Waals surface area contributed by atoms with E-state index < -0.39 is 15.9 Å². The molecular formula is C23H25N3O4S. The molecular weight excluding hydrogens is 414 g/mol. The molecule has 3 aromatic rings. The minimum Gasteiger partial charge on any atom is -0.495 e. The van der Waals surface area contributed by atoms with Crippen LogP contribution in [0.2, 0.25) is 0 Å². The number of carbonyl (C=O) groups is 1. The number of piperidine rings is 1. The van der Waals surface area contributed by atoms with E-state index in [0.29, 0.717) is 12.4 Å². The number of nitrogens with one attached hydrogen (secondary N) is 1. The van der Waals surface area contributed by atoms with E-state index in [1.165, 1.54) is 23.5 Å². The maximum absolute atomic E-state index is 13.4. The molecule has 8 heteroatoms. The van der Waals surface area contributed by atoms with Crippen molar-refractivity contribution in [2.24, 2.45) is 0 Å². The van der Waals surface area contributed by atoms with E-state index >= 15 is 0 Å². The van der Waals surface area contributed by atoms with Gasteiger partial charge in [-0.25, -0.2) is 13.4 Å². The molecule has 1 fully saturated rings. The predicted octanol–water partition coefficient (Wildman–Crippen LogP) is 4.06. The predicted molar refractivity (Wildman–Crippen MR) is 120 cm³/mol. The number of amides is 1. The first-order chi connectivity index (χ1) is 14.9. The Hall–Kier alpha value is -2.97. The molecule has 1 amide bonds. The molecule has 0 bridgehead atoms. The van der Waals surface area contributed by atoms with Crippen molar-refractivity contribution < 1.29 is 17.9 Å². The average molecular weight is 440 g/mol. The molecule has 0 aliphatic carbocycles. The van der Waals surface area contributed by atoms with Crippen molar-refractivity contribution >= 4 is 32.7 Å². The number of hydrogen-bond donors (Lipinski definition) is 1. The van der Waals surface area contributed by atoms with Crippen molar-refractivity contribution in [2.75, 3.05) is 19.0 Å². The first-order valence-corrected chi connectivity index (χ1v) is 11.7. The topological polar surface area (TPSA) is 88.6 Å². The third kappa shape index (κ3) is 4.26. The van der Waals surface area contributed by atoms with Crippen molar-refractivity contribution in [3.05, 3.63) is 60.2 Å². The first kappa shape index (κ1) is 21.3. The lowest BCUT2D eigenvalue weighted by atomic mass is 10.1. The second kappa shape index (κ2) is 8.64. The lowest BCUT2D eigenvalue weighted by Gasteiger charge is -2.32. The Kier molecular flexibility index (Phi) is 5.93. The number of benzene rings is 2. The van der Waals surface area contributed by atoms with Crippen molar-refractivity contribution in [1.29, 1.82) is 0 Å². The summed E-state index contributed by atoms with van der Waals surface area (Å²) in [4.78, 5) is 17.3. The van der Waals surface area contributed by atoms with Crippen LogP contribution >= 0.6 is 0 Å². The van der Waals surface area contributed by atoms with Crippen LogP contribution in [0.3, 0.4) is 0 Å². The number of nitrogens with zero attached hydrogens (tertiary/aromatic N) is 2. The highest BCUT2D eigenvalue weighted by molar-refractivity contribution is 7.89. The highest BCUT2D eigenvalue weighted by Gasteiger charge is 2.33. The van der Waals surface area contributed by atoms with Crippen molar-refractivity contribution in [3.63, 3.8) is 0 Å². The van der Waals surface area contributed by atoms with E-state index in [0.717, 1.165) is 30.2 Å². The van der Waals surface area contributed by atoms with E-state index in [2.05, 4.69) is 10.3 Å². The Morgan fingerprint density at radius 2 is 1.94 bits per heavy atom. The van der Waals surface area contributed by atoms with Gasteiger partial charge in [0.05, 0.1) is 12.6 Å². The molecule has 1 aromatic heterocycles. The lowest BCUT2D eigenvalue weighted by Crippen LogP contribution is -2.42. The number of anilines is 1. The van der Waals surface area contributed by atoms with Gasteiger partial charge in [0.15, 0.2) is 0 Å². The Morgan fingerprint density at radius 1 is 1.13 bits per heavy atom. The number of ether oxygens (including phenoxy) is 1. The maximum atomic E-state index is 13.4. The Morgan fingerprint density at radius 3 is 2.71 bits per heavy atom. The van der Waals surface area contributed by atoms with E-state index in [1.807, 2.05) is 37.3 Å². The van der Waals surface area contributed by atoms with Crippen LogP contribution in [-0.4, -0.2) is 43.3 Å². The van der Waals surface area contributed by atoms with Gasteiger partial charge < -0.3 is 10.1 Å². The highest BCUT2D eigenvalue weighted by Crippen LogP contribution is 2.32. The van der Waals surface area contributed by atoms with Crippen molar-refractivity contribution in [2.45, 2.75) is 37.1 Å². The molecule has 1 aliphatic rings. The molecule has 0 saturated carbocycles. The zero-order chi connectivity index (χ0) is 22.0. The molecule has 2 aromatic carbocycles. The molecule has 4 rings (SSSR count). The summed E-state index contributed by atoms with van der Waals surface area (Å²) in [6.07, 6.45) is 2.64. The second-order valence-electron chi connectivity index (χ2n) is 7.67. The summed E-state index contributed by atoms with van der Waals surface area (Å²) in [7, 11) is -2.38. The van der Waals surface area contributed by atoms with Gasteiger partial charge in [0.25, 0.3) is 5.91 Å². The number of carbonyl (C=O) groups excluding carboxylic acids is 1. The highest BCUT2D eigenvalue weighted by atomic mass is 32.2. The van der Waals surface area contributed by atoms with E-state index in [4.69, 9.17) is 4.74 Å². The molecule has 0 radical (unpaired) electrons. The molecule has 7 nitrogen and oxygen atoms in total. The summed E-state index contributed by atoms with van der Waals surface area (Å²) in [6, 6.07) is 15.6. The van der Waals surface area contributed by atoms with Crippen molar-refractivity contribution in [3.8, 4) is 5.75 Å². The van der Waals surface area contributed by atoms with Gasteiger partial charge in [0, 0.05) is 23.5 Å². The summed E-state index contributed by atoms with van der Waals surface area (Å²) in [5, 5.41) is 3.72. The molecule has 1 aliphatic heterocycles.